The molecule has 0 radical (unpaired) electrons. The van der Waals surface area contributed by atoms with E-state index in [1.54, 1.807) is 42.2 Å². The molecule has 2 aromatic carbocycles. The molecule has 188 valence electrons. The fourth-order valence-corrected chi connectivity index (χ4v) is 6.18. The zero-order chi connectivity index (χ0) is 25.3. The van der Waals surface area contributed by atoms with Crippen molar-refractivity contribution in [1.82, 2.24) is 19.8 Å². The lowest BCUT2D eigenvalue weighted by molar-refractivity contribution is -0.144. The summed E-state index contributed by atoms with van der Waals surface area (Å²) in [5, 5.41) is 4.97. The van der Waals surface area contributed by atoms with E-state index in [1.807, 2.05) is 0 Å². The Hall–Kier alpha value is -2.69. The maximum Gasteiger partial charge on any atom is 0.245 e. The molecule has 0 bridgehead atoms. The molecule has 11 heteroatoms. The summed E-state index contributed by atoms with van der Waals surface area (Å²) in [6.45, 7) is 4.43. The van der Waals surface area contributed by atoms with Crippen LogP contribution in [0.4, 0.5) is 0 Å². The number of amides is 3. The van der Waals surface area contributed by atoms with Crippen molar-refractivity contribution in [2.45, 2.75) is 56.1 Å². The number of piperidine rings is 1. The zero-order valence-electron chi connectivity index (χ0n) is 19.7. The summed E-state index contributed by atoms with van der Waals surface area (Å²) in [6.07, 6.45) is 1.60. The standard InChI is InChI=1S/C24H29ClN4O5S/c1-15(23(31)28-10-7-20(8-11-28)26-16(2)30)29-12-9-22(24(29)32)27-35(33,34)21-6-4-17-13-19(25)5-3-18(17)14-21/h3-6,13-15,20,22,27H,7-12H2,1-2H3,(H,26,30). The first kappa shape index (κ1) is 25.4. The minimum atomic E-state index is -3.94. The lowest BCUT2D eigenvalue weighted by Crippen LogP contribution is -2.53. The number of rotatable bonds is 6. The van der Waals surface area contributed by atoms with Gasteiger partial charge in [0.1, 0.15) is 12.1 Å². The highest BCUT2D eigenvalue weighted by Gasteiger charge is 2.40. The highest BCUT2D eigenvalue weighted by Crippen LogP contribution is 2.24. The van der Waals surface area contributed by atoms with Crippen LogP contribution in [0.3, 0.4) is 0 Å². The molecule has 2 saturated heterocycles. The number of carbonyl (C=O) groups is 3. The van der Waals surface area contributed by atoms with Crippen molar-refractivity contribution in [3.05, 3.63) is 41.4 Å². The van der Waals surface area contributed by atoms with Gasteiger partial charge >= 0.3 is 0 Å². The number of nitrogens with zero attached hydrogens (tertiary/aromatic N) is 2. The number of nitrogens with one attached hydrogen (secondary N) is 2. The van der Waals surface area contributed by atoms with E-state index in [0.717, 1.165) is 10.8 Å². The first-order chi connectivity index (χ1) is 16.5. The Balaban J connectivity index is 1.38. The number of benzene rings is 2. The third-order valence-corrected chi connectivity index (χ3v) is 8.36. The summed E-state index contributed by atoms with van der Waals surface area (Å²) in [6, 6.07) is 8.30. The molecule has 2 atom stereocenters. The Labute approximate surface area is 209 Å². The van der Waals surface area contributed by atoms with Gasteiger partial charge in [-0.3, -0.25) is 14.4 Å². The molecule has 2 unspecified atom stereocenters. The molecular weight excluding hydrogens is 492 g/mol. The average Bonchev–Trinajstić information content (AvgIpc) is 3.17. The van der Waals surface area contributed by atoms with E-state index in [9.17, 15) is 22.8 Å². The first-order valence-electron chi connectivity index (χ1n) is 11.6. The van der Waals surface area contributed by atoms with Gasteiger partial charge in [-0.05, 0) is 61.2 Å². The van der Waals surface area contributed by atoms with Crippen LogP contribution in [0.2, 0.25) is 5.02 Å². The van der Waals surface area contributed by atoms with Gasteiger partial charge < -0.3 is 15.1 Å². The molecule has 3 amide bonds. The van der Waals surface area contributed by atoms with E-state index < -0.39 is 28.0 Å². The molecule has 2 N–H and O–H groups in total. The first-order valence-corrected chi connectivity index (χ1v) is 13.5. The Bertz CT molecular complexity index is 1260. The lowest BCUT2D eigenvalue weighted by Gasteiger charge is -2.35. The second kappa shape index (κ2) is 10.1. The summed E-state index contributed by atoms with van der Waals surface area (Å²) in [5.74, 6) is -0.668. The van der Waals surface area contributed by atoms with Crippen LogP contribution < -0.4 is 10.0 Å². The Kier molecular flexibility index (Phi) is 7.35. The fraction of sp³-hybridized carbons (Fsp3) is 0.458. The van der Waals surface area contributed by atoms with Crippen molar-refractivity contribution in [3.8, 4) is 0 Å². The van der Waals surface area contributed by atoms with Crippen molar-refractivity contribution in [2.75, 3.05) is 19.6 Å². The van der Waals surface area contributed by atoms with Crippen molar-refractivity contribution in [1.29, 1.82) is 0 Å². The van der Waals surface area contributed by atoms with Crippen LogP contribution in [0.5, 0.6) is 0 Å². The Morgan fingerprint density at radius 2 is 1.69 bits per heavy atom. The predicted molar refractivity (Wildman–Crippen MR) is 132 cm³/mol. The van der Waals surface area contributed by atoms with Crippen molar-refractivity contribution in [2.24, 2.45) is 0 Å². The molecule has 2 aliphatic heterocycles. The number of sulfonamides is 1. The molecule has 35 heavy (non-hydrogen) atoms. The largest absolute Gasteiger partial charge is 0.353 e. The van der Waals surface area contributed by atoms with Gasteiger partial charge in [-0.25, -0.2) is 8.42 Å². The minimum Gasteiger partial charge on any atom is -0.353 e. The van der Waals surface area contributed by atoms with Crippen molar-refractivity contribution in [3.63, 3.8) is 0 Å². The highest BCUT2D eigenvalue weighted by atomic mass is 35.5. The third-order valence-electron chi connectivity index (χ3n) is 6.66. The van der Waals surface area contributed by atoms with Gasteiger partial charge in [0, 0.05) is 37.6 Å². The van der Waals surface area contributed by atoms with E-state index in [1.165, 1.54) is 17.9 Å². The summed E-state index contributed by atoms with van der Waals surface area (Å²) in [4.78, 5) is 40.5. The van der Waals surface area contributed by atoms with Crippen molar-refractivity contribution < 1.29 is 22.8 Å². The second-order valence-corrected chi connectivity index (χ2v) is 11.3. The van der Waals surface area contributed by atoms with E-state index in [4.69, 9.17) is 11.6 Å². The van der Waals surface area contributed by atoms with E-state index >= 15 is 0 Å². The summed E-state index contributed by atoms with van der Waals surface area (Å²) >= 11 is 6.00. The van der Waals surface area contributed by atoms with Gasteiger partial charge in [0.2, 0.25) is 27.7 Å². The fourth-order valence-electron chi connectivity index (χ4n) is 4.74. The summed E-state index contributed by atoms with van der Waals surface area (Å²) in [5.41, 5.74) is 0. The minimum absolute atomic E-state index is 0.0474. The van der Waals surface area contributed by atoms with Crippen LogP contribution in [0.1, 0.15) is 33.1 Å². The van der Waals surface area contributed by atoms with Gasteiger partial charge in [-0.2, -0.15) is 4.72 Å². The van der Waals surface area contributed by atoms with Crippen LogP contribution in [-0.2, 0) is 24.4 Å². The molecule has 0 spiro atoms. The van der Waals surface area contributed by atoms with Gasteiger partial charge in [0.25, 0.3) is 0 Å². The third kappa shape index (κ3) is 5.60. The monoisotopic (exact) mass is 520 g/mol. The molecule has 0 aromatic heterocycles. The maximum atomic E-state index is 13.0. The van der Waals surface area contributed by atoms with Crippen LogP contribution in [-0.4, -0.2) is 73.7 Å². The molecule has 2 fully saturated rings. The molecule has 0 saturated carbocycles. The lowest BCUT2D eigenvalue weighted by atomic mass is 10.0. The number of fused-ring (bicyclic) bond motifs is 1. The SMILES string of the molecule is CC(=O)NC1CCN(C(=O)C(C)N2CCC(NS(=O)(=O)c3ccc4cc(Cl)ccc4c3)C2=O)CC1. The normalized spacial score (nSPS) is 20.3. The molecular formula is C24H29ClN4O5S. The van der Waals surface area contributed by atoms with Crippen LogP contribution in [0.15, 0.2) is 41.3 Å². The molecule has 4 rings (SSSR count). The van der Waals surface area contributed by atoms with Gasteiger partial charge in [0.15, 0.2) is 0 Å². The zero-order valence-corrected chi connectivity index (χ0v) is 21.2. The maximum absolute atomic E-state index is 13.0. The molecule has 2 heterocycles. The predicted octanol–water partition coefficient (Wildman–Crippen LogP) is 1.89. The molecule has 0 aliphatic carbocycles. The van der Waals surface area contributed by atoms with E-state index in [0.29, 0.717) is 31.0 Å². The van der Waals surface area contributed by atoms with E-state index in [2.05, 4.69) is 10.0 Å². The average molecular weight is 521 g/mol. The second-order valence-electron chi connectivity index (χ2n) is 9.12. The van der Waals surface area contributed by atoms with Gasteiger partial charge in [-0.1, -0.05) is 23.7 Å². The highest BCUT2D eigenvalue weighted by molar-refractivity contribution is 7.89. The molecule has 2 aliphatic rings. The smallest absolute Gasteiger partial charge is 0.245 e. The number of carbonyl (C=O) groups excluding carboxylic acids is 3. The molecule has 9 nitrogen and oxygen atoms in total. The summed E-state index contributed by atoms with van der Waals surface area (Å²) in [7, 11) is -3.94. The number of halogens is 1. The number of hydrogen-bond acceptors (Lipinski definition) is 5. The van der Waals surface area contributed by atoms with Gasteiger partial charge in [-0.15, -0.1) is 0 Å². The Morgan fingerprint density at radius 3 is 2.37 bits per heavy atom. The van der Waals surface area contributed by atoms with Crippen LogP contribution >= 0.6 is 11.6 Å². The topological polar surface area (TPSA) is 116 Å². The van der Waals surface area contributed by atoms with Gasteiger partial charge in [0.05, 0.1) is 4.90 Å². The van der Waals surface area contributed by atoms with Crippen LogP contribution in [0, 0.1) is 0 Å². The van der Waals surface area contributed by atoms with Crippen molar-refractivity contribution >= 4 is 50.1 Å². The number of hydrogen-bond donors (Lipinski definition) is 2. The van der Waals surface area contributed by atoms with Crippen LogP contribution in [0.25, 0.3) is 10.8 Å². The van der Waals surface area contributed by atoms with E-state index in [-0.39, 0.29) is 35.7 Å². The quantitative estimate of drug-likeness (QED) is 0.603. The molecule has 2 aromatic rings. The summed E-state index contributed by atoms with van der Waals surface area (Å²) < 4.78 is 28.5. The number of likely N-dealkylation sites (tertiary alicyclic amines) is 2. The Morgan fingerprint density at radius 1 is 1.03 bits per heavy atom.